The van der Waals surface area contributed by atoms with Crippen molar-refractivity contribution in [2.75, 3.05) is 0 Å². The van der Waals surface area contributed by atoms with Crippen LogP contribution >= 0.6 is 0 Å². The molecule has 0 aliphatic heterocycles. The third-order valence-corrected chi connectivity index (χ3v) is 3.26. The van der Waals surface area contributed by atoms with Gasteiger partial charge in [0, 0.05) is 6.42 Å². The summed E-state index contributed by atoms with van der Waals surface area (Å²) in [6.07, 6.45) is 0.663. The predicted molar refractivity (Wildman–Crippen MR) is 65.8 cm³/mol. The molecule has 0 spiro atoms. The van der Waals surface area contributed by atoms with Crippen molar-refractivity contribution >= 4 is 10.0 Å². The number of hydrogen-bond donors (Lipinski definition) is 1. The van der Waals surface area contributed by atoms with Crippen LogP contribution in [0.2, 0.25) is 0 Å². The van der Waals surface area contributed by atoms with Gasteiger partial charge in [0.15, 0.2) is 6.61 Å². The van der Waals surface area contributed by atoms with Crippen molar-refractivity contribution in [3.8, 4) is 5.75 Å². The largest absolute Gasteiger partial charge is 0.485 e. The van der Waals surface area contributed by atoms with Crippen LogP contribution in [0.3, 0.4) is 0 Å². The lowest BCUT2D eigenvalue weighted by Crippen LogP contribution is -2.11. The van der Waals surface area contributed by atoms with Crippen LogP contribution in [0.1, 0.15) is 18.6 Å². The molecule has 1 heterocycles. The van der Waals surface area contributed by atoms with Gasteiger partial charge in [0.1, 0.15) is 5.75 Å². The molecule has 0 atom stereocenters. The first-order valence-electron chi connectivity index (χ1n) is 5.56. The van der Waals surface area contributed by atoms with Crippen LogP contribution in [-0.2, 0) is 23.1 Å². The molecule has 2 rings (SSSR count). The SMILES string of the molecule is CCc1nc(COc2ccc(S(N)(=O)=O)cc2)no1. The summed E-state index contributed by atoms with van der Waals surface area (Å²) in [5.74, 6) is 1.48. The van der Waals surface area contributed by atoms with Crippen molar-refractivity contribution in [1.82, 2.24) is 10.1 Å². The minimum atomic E-state index is -3.68. The van der Waals surface area contributed by atoms with Crippen molar-refractivity contribution in [1.29, 1.82) is 0 Å². The number of primary sulfonamides is 1. The van der Waals surface area contributed by atoms with Crippen LogP contribution in [0.15, 0.2) is 33.7 Å². The van der Waals surface area contributed by atoms with Crippen LogP contribution in [0.5, 0.6) is 5.75 Å². The second-order valence-electron chi connectivity index (χ2n) is 3.76. The number of sulfonamides is 1. The van der Waals surface area contributed by atoms with E-state index in [0.717, 1.165) is 0 Å². The zero-order valence-corrected chi connectivity index (χ0v) is 11.1. The minimum Gasteiger partial charge on any atom is -0.485 e. The number of benzene rings is 1. The van der Waals surface area contributed by atoms with E-state index in [0.29, 0.717) is 23.9 Å². The van der Waals surface area contributed by atoms with Gasteiger partial charge < -0.3 is 9.26 Å². The lowest BCUT2D eigenvalue weighted by atomic mass is 10.3. The maximum Gasteiger partial charge on any atom is 0.238 e. The van der Waals surface area contributed by atoms with E-state index in [2.05, 4.69) is 10.1 Å². The molecule has 0 unspecified atom stereocenters. The first kappa shape index (κ1) is 13.5. The van der Waals surface area contributed by atoms with Gasteiger partial charge in [0.05, 0.1) is 4.90 Å². The standard InChI is InChI=1S/C11H13N3O4S/c1-2-11-13-10(14-18-11)7-17-8-3-5-9(6-4-8)19(12,15)16/h3-6H,2,7H2,1H3,(H2,12,15,16). The van der Waals surface area contributed by atoms with Crippen LogP contribution in [0.4, 0.5) is 0 Å². The average molecular weight is 283 g/mol. The highest BCUT2D eigenvalue weighted by molar-refractivity contribution is 7.89. The summed E-state index contributed by atoms with van der Waals surface area (Å²) in [6.45, 7) is 2.06. The van der Waals surface area contributed by atoms with E-state index in [-0.39, 0.29) is 11.5 Å². The van der Waals surface area contributed by atoms with Gasteiger partial charge >= 0.3 is 0 Å². The number of aryl methyl sites for hydroxylation is 1. The topological polar surface area (TPSA) is 108 Å². The van der Waals surface area contributed by atoms with E-state index in [9.17, 15) is 8.42 Å². The maximum absolute atomic E-state index is 11.1. The molecule has 19 heavy (non-hydrogen) atoms. The van der Waals surface area contributed by atoms with Crippen molar-refractivity contribution in [2.45, 2.75) is 24.8 Å². The van der Waals surface area contributed by atoms with Gasteiger partial charge in [-0.05, 0) is 24.3 Å². The second-order valence-corrected chi connectivity index (χ2v) is 5.32. The van der Waals surface area contributed by atoms with Gasteiger partial charge in [-0.2, -0.15) is 4.98 Å². The Morgan fingerprint density at radius 2 is 2.00 bits per heavy atom. The molecule has 0 amide bonds. The highest BCUT2D eigenvalue weighted by atomic mass is 32.2. The molecular weight excluding hydrogens is 270 g/mol. The van der Waals surface area contributed by atoms with Crippen molar-refractivity contribution in [3.63, 3.8) is 0 Å². The van der Waals surface area contributed by atoms with Crippen LogP contribution in [-0.4, -0.2) is 18.6 Å². The fourth-order valence-corrected chi connectivity index (χ4v) is 1.88. The highest BCUT2D eigenvalue weighted by Crippen LogP contribution is 2.15. The van der Waals surface area contributed by atoms with Gasteiger partial charge in [0.25, 0.3) is 0 Å². The Morgan fingerprint density at radius 1 is 1.32 bits per heavy atom. The molecule has 0 saturated heterocycles. The molecule has 8 heteroatoms. The first-order valence-corrected chi connectivity index (χ1v) is 7.11. The number of aromatic nitrogens is 2. The summed E-state index contributed by atoms with van der Waals surface area (Å²) in [5.41, 5.74) is 0. The summed E-state index contributed by atoms with van der Waals surface area (Å²) in [6, 6.07) is 5.78. The van der Waals surface area contributed by atoms with E-state index in [1.807, 2.05) is 6.92 Å². The molecule has 0 radical (unpaired) electrons. The smallest absolute Gasteiger partial charge is 0.238 e. The Morgan fingerprint density at radius 3 is 2.53 bits per heavy atom. The molecule has 0 fully saturated rings. The normalized spacial score (nSPS) is 11.5. The van der Waals surface area contributed by atoms with Crippen molar-refractivity contribution in [3.05, 3.63) is 36.0 Å². The summed E-state index contributed by atoms with van der Waals surface area (Å²) in [4.78, 5) is 4.12. The Hall–Kier alpha value is -1.93. The average Bonchev–Trinajstić information content (AvgIpc) is 2.84. The third-order valence-electron chi connectivity index (χ3n) is 2.33. The lowest BCUT2D eigenvalue weighted by molar-refractivity contribution is 0.285. The number of hydrogen-bond acceptors (Lipinski definition) is 6. The van der Waals surface area contributed by atoms with Gasteiger partial charge in [-0.3, -0.25) is 0 Å². The zero-order valence-electron chi connectivity index (χ0n) is 10.2. The van der Waals surface area contributed by atoms with Gasteiger partial charge in [-0.1, -0.05) is 12.1 Å². The minimum absolute atomic E-state index is 0.0349. The fraction of sp³-hybridized carbons (Fsp3) is 0.273. The molecular formula is C11H13N3O4S. The quantitative estimate of drug-likeness (QED) is 0.871. The number of nitrogens with two attached hydrogens (primary N) is 1. The van der Waals surface area contributed by atoms with Gasteiger partial charge in [0.2, 0.25) is 21.7 Å². The molecule has 7 nitrogen and oxygen atoms in total. The number of nitrogens with zero attached hydrogens (tertiary/aromatic N) is 2. The van der Waals surface area contributed by atoms with Crippen LogP contribution in [0.25, 0.3) is 0 Å². The molecule has 1 aromatic carbocycles. The second kappa shape index (κ2) is 5.37. The van der Waals surface area contributed by atoms with E-state index in [1.165, 1.54) is 24.3 Å². The van der Waals surface area contributed by atoms with Crippen molar-refractivity contribution < 1.29 is 17.7 Å². The number of ether oxygens (including phenoxy) is 1. The molecule has 0 bridgehead atoms. The monoisotopic (exact) mass is 283 g/mol. The lowest BCUT2D eigenvalue weighted by Gasteiger charge is -2.03. The van der Waals surface area contributed by atoms with E-state index < -0.39 is 10.0 Å². The maximum atomic E-state index is 11.1. The first-order chi connectivity index (χ1) is 8.99. The Kier molecular flexibility index (Phi) is 3.82. The molecule has 2 N–H and O–H groups in total. The molecule has 0 aliphatic rings. The summed E-state index contributed by atoms with van der Waals surface area (Å²) >= 11 is 0. The summed E-state index contributed by atoms with van der Waals surface area (Å²) in [5, 5.41) is 8.72. The molecule has 1 aromatic heterocycles. The van der Waals surface area contributed by atoms with Gasteiger partial charge in [-0.15, -0.1) is 0 Å². The molecule has 0 saturated carbocycles. The zero-order chi connectivity index (χ0) is 13.9. The van der Waals surface area contributed by atoms with Crippen molar-refractivity contribution in [2.24, 2.45) is 5.14 Å². The molecule has 102 valence electrons. The van der Waals surface area contributed by atoms with Crippen LogP contribution < -0.4 is 9.88 Å². The van der Waals surface area contributed by atoms with E-state index in [1.54, 1.807) is 0 Å². The van der Waals surface area contributed by atoms with E-state index >= 15 is 0 Å². The Bertz CT molecular complexity index is 649. The molecule has 2 aromatic rings. The Balaban J connectivity index is 2.00. The number of rotatable bonds is 5. The van der Waals surface area contributed by atoms with Gasteiger partial charge in [-0.25, -0.2) is 13.6 Å². The molecule has 0 aliphatic carbocycles. The fourth-order valence-electron chi connectivity index (χ4n) is 1.37. The summed E-state index contributed by atoms with van der Waals surface area (Å²) in [7, 11) is -3.68. The Labute approximate surface area is 110 Å². The third kappa shape index (κ3) is 3.52. The predicted octanol–water partition coefficient (Wildman–Crippen LogP) is 0.858. The summed E-state index contributed by atoms with van der Waals surface area (Å²) < 4.78 is 32.5. The van der Waals surface area contributed by atoms with E-state index in [4.69, 9.17) is 14.4 Å². The van der Waals surface area contributed by atoms with Crippen LogP contribution in [0, 0.1) is 0 Å². The highest BCUT2D eigenvalue weighted by Gasteiger charge is 2.08.